The van der Waals surface area contributed by atoms with E-state index in [-0.39, 0.29) is 23.6 Å². The van der Waals surface area contributed by atoms with Gasteiger partial charge in [0.15, 0.2) is 17.2 Å². The Bertz CT molecular complexity index is 1000. The van der Waals surface area contributed by atoms with Crippen LogP contribution in [0.5, 0.6) is 17.2 Å². The highest BCUT2D eigenvalue weighted by Crippen LogP contribution is 2.38. The minimum Gasteiger partial charge on any atom is -0.493 e. The number of aromatic amines is 1. The zero-order valence-electron chi connectivity index (χ0n) is 17.9. The Morgan fingerprint density at radius 3 is 2.17 bits per heavy atom. The standard InChI is InChI=1S/C20H28N4O6/c1-6-8-9-24-17(21)15(18(25)22-20(24)27)23(7-2)19(26)12-10-13(28-3)16(30-5)14(11-12)29-4/h10-11H,6-9,21H2,1-5H3,(H,22,25,27). The van der Waals surface area contributed by atoms with Gasteiger partial charge in [-0.15, -0.1) is 0 Å². The average Bonchev–Trinajstić information content (AvgIpc) is 2.74. The first-order valence-electron chi connectivity index (χ1n) is 9.58. The molecule has 164 valence electrons. The van der Waals surface area contributed by atoms with E-state index in [2.05, 4.69) is 4.98 Å². The molecule has 30 heavy (non-hydrogen) atoms. The number of benzene rings is 1. The largest absolute Gasteiger partial charge is 0.493 e. The third-order valence-corrected chi connectivity index (χ3v) is 4.69. The summed E-state index contributed by atoms with van der Waals surface area (Å²) in [6, 6.07) is 2.98. The van der Waals surface area contributed by atoms with Crippen molar-refractivity contribution >= 4 is 17.4 Å². The lowest BCUT2D eigenvalue weighted by molar-refractivity contribution is 0.0987. The van der Waals surface area contributed by atoms with Crippen molar-refractivity contribution in [3.63, 3.8) is 0 Å². The number of amides is 1. The molecule has 3 N–H and O–H groups in total. The number of nitrogens with two attached hydrogens (primary N) is 1. The molecule has 1 heterocycles. The van der Waals surface area contributed by atoms with Gasteiger partial charge in [-0.05, 0) is 25.5 Å². The molecule has 1 aromatic carbocycles. The highest BCUT2D eigenvalue weighted by Gasteiger charge is 2.26. The van der Waals surface area contributed by atoms with Crippen LogP contribution in [0.1, 0.15) is 37.0 Å². The minimum absolute atomic E-state index is 0.0557. The molecule has 0 aliphatic rings. The van der Waals surface area contributed by atoms with Crippen LogP contribution in [0.25, 0.3) is 0 Å². The van der Waals surface area contributed by atoms with Crippen LogP contribution in [-0.2, 0) is 6.54 Å². The number of carbonyl (C=O) groups excluding carboxylic acids is 1. The summed E-state index contributed by atoms with van der Waals surface area (Å²) in [5, 5.41) is 0. The third-order valence-electron chi connectivity index (χ3n) is 4.69. The van der Waals surface area contributed by atoms with Gasteiger partial charge in [-0.1, -0.05) is 13.3 Å². The molecule has 1 aromatic heterocycles. The zero-order chi connectivity index (χ0) is 22.4. The van der Waals surface area contributed by atoms with E-state index in [1.165, 1.54) is 42.9 Å². The molecule has 1 amide bonds. The van der Waals surface area contributed by atoms with E-state index in [1.54, 1.807) is 6.92 Å². The maximum Gasteiger partial charge on any atom is 0.330 e. The van der Waals surface area contributed by atoms with Crippen LogP contribution in [0.3, 0.4) is 0 Å². The van der Waals surface area contributed by atoms with Crippen molar-refractivity contribution in [2.24, 2.45) is 0 Å². The molecule has 0 aliphatic heterocycles. The number of H-pyrrole nitrogens is 1. The van der Waals surface area contributed by atoms with E-state index in [4.69, 9.17) is 19.9 Å². The number of nitrogens with one attached hydrogen (secondary N) is 1. The molecule has 10 heteroatoms. The highest BCUT2D eigenvalue weighted by molar-refractivity contribution is 6.07. The van der Waals surface area contributed by atoms with Crippen molar-refractivity contribution in [2.45, 2.75) is 33.2 Å². The molecular weight excluding hydrogens is 392 g/mol. The molecule has 0 aliphatic carbocycles. The highest BCUT2D eigenvalue weighted by atomic mass is 16.5. The summed E-state index contributed by atoms with van der Waals surface area (Å²) in [7, 11) is 4.34. The number of methoxy groups -OCH3 is 3. The second-order valence-corrected chi connectivity index (χ2v) is 6.46. The number of rotatable bonds is 9. The lowest BCUT2D eigenvalue weighted by Gasteiger charge is -2.24. The number of hydrogen-bond donors (Lipinski definition) is 2. The van der Waals surface area contributed by atoms with E-state index < -0.39 is 17.2 Å². The molecule has 10 nitrogen and oxygen atoms in total. The fourth-order valence-corrected chi connectivity index (χ4v) is 3.14. The molecule has 2 rings (SSSR count). The van der Waals surface area contributed by atoms with Gasteiger partial charge in [0.2, 0.25) is 5.75 Å². The van der Waals surface area contributed by atoms with Gasteiger partial charge in [0.1, 0.15) is 5.82 Å². The molecule has 0 saturated heterocycles. The van der Waals surface area contributed by atoms with Crippen molar-refractivity contribution < 1.29 is 19.0 Å². The first kappa shape index (κ1) is 22.9. The van der Waals surface area contributed by atoms with Crippen LogP contribution >= 0.6 is 0 Å². The summed E-state index contributed by atoms with van der Waals surface area (Å²) < 4.78 is 17.2. The zero-order valence-corrected chi connectivity index (χ0v) is 17.9. The predicted octanol–water partition coefficient (Wildman–Crippen LogP) is 1.61. The monoisotopic (exact) mass is 420 g/mol. The number of carbonyl (C=O) groups is 1. The number of unbranched alkanes of at least 4 members (excludes halogenated alkanes) is 1. The van der Waals surface area contributed by atoms with Gasteiger partial charge >= 0.3 is 5.69 Å². The summed E-state index contributed by atoms with van der Waals surface area (Å²) >= 11 is 0. The van der Waals surface area contributed by atoms with Gasteiger partial charge in [0, 0.05) is 18.7 Å². The number of hydrogen-bond acceptors (Lipinski definition) is 7. The Hall–Kier alpha value is -3.43. The molecule has 0 spiro atoms. The van der Waals surface area contributed by atoms with E-state index in [0.717, 1.165) is 6.42 Å². The number of ether oxygens (including phenoxy) is 3. The molecule has 0 saturated carbocycles. The average molecular weight is 420 g/mol. The van der Waals surface area contributed by atoms with Crippen LogP contribution in [0.15, 0.2) is 21.7 Å². The Kier molecular flexibility index (Phi) is 7.51. The predicted molar refractivity (Wildman–Crippen MR) is 114 cm³/mol. The Labute approximate surface area is 174 Å². The molecular formula is C20H28N4O6. The summed E-state index contributed by atoms with van der Waals surface area (Å²) in [5.41, 5.74) is 4.95. The fourth-order valence-electron chi connectivity index (χ4n) is 3.14. The first-order valence-corrected chi connectivity index (χ1v) is 9.58. The summed E-state index contributed by atoms with van der Waals surface area (Å²) in [5.74, 6) is 0.372. The summed E-state index contributed by atoms with van der Waals surface area (Å²) in [6.45, 7) is 4.16. The lowest BCUT2D eigenvalue weighted by atomic mass is 10.1. The quantitative estimate of drug-likeness (QED) is 0.630. The van der Waals surface area contributed by atoms with Crippen molar-refractivity contribution in [1.82, 2.24) is 9.55 Å². The number of nitrogen functional groups attached to an aromatic ring is 1. The SMILES string of the molecule is CCCCn1c(N)c(N(CC)C(=O)c2cc(OC)c(OC)c(OC)c2)c(=O)[nH]c1=O. The molecule has 2 aromatic rings. The topological polar surface area (TPSA) is 129 Å². The third kappa shape index (κ3) is 4.27. The fraction of sp³-hybridized carbons (Fsp3) is 0.450. The number of nitrogens with zero attached hydrogens (tertiary/aromatic N) is 2. The number of aromatic nitrogens is 2. The second kappa shape index (κ2) is 9.86. The Morgan fingerprint density at radius 2 is 1.70 bits per heavy atom. The van der Waals surface area contributed by atoms with E-state index >= 15 is 0 Å². The van der Waals surface area contributed by atoms with Gasteiger partial charge in [-0.25, -0.2) is 4.79 Å². The van der Waals surface area contributed by atoms with E-state index in [0.29, 0.717) is 30.2 Å². The van der Waals surface area contributed by atoms with Crippen molar-refractivity contribution in [2.75, 3.05) is 38.5 Å². The van der Waals surface area contributed by atoms with Crippen molar-refractivity contribution in [1.29, 1.82) is 0 Å². The van der Waals surface area contributed by atoms with E-state index in [1.807, 2.05) is 6.92 Å². The number of anilines is 2. The lowest BCUT2D eigenvalue weighted by Crippen LogP contribution is -2.41. The molecule has 0 radical (unpaired) electrons. The van der Waals surface area contributed by atoms with Crippen LogP contribution in [0.2, 0.25) is 0 Å². The van der Waals surface area contributed by atoms with E-state index in [9.17, 15) is 14.4 Å². The smallest absolute Gasteiger partial charge is 0.330 e. The maximum absolute atomic E-state index is 13.3. The maximum atomic E-state index is 13.3. The van der Waals surface area contributed by atoms with Crippen molar-refractivity contribution in [3.05, 3.63) is 38.5 Å². The minimum atomic E-state index is -0.729. The van der Waals surface area contributed by atoms with Crippen molar-refractivity contribution in [3.8, 4) is 17.2 Å². The Balaban J connectivity index is 2.62. The molecule has 0 atom stereocenters. The van der Waals surface area contributed by atoms with Gasteiger partial charge in [0.05, 0.1) is 21.3 Å². The first-order chi connectivity index (χ1) is 14.3. The Morgan fingerprint density at radius 1 is 1.10 bits per heavy atom. The molecule has 0 fully saturated rings. The van der Waals surface area contributed by atoms with Gasteiger partial charge < -0.3 is 24.8 Å². The van der Waals surface area contributed by atoms with Crippen LogP contribution in [-0.4, -0.2) is 43.3 Å². The second-order valence-electron chi connectivity index (χ2n) is 6.46. The van der Waals surface area contributed by atoms with Crippen LogP contribution in [0.4, 0.5) is 11.5 Å². The molecule has 0 bridgehead atoms. The van der Waals surface area contributed by atoms with Gasteiger partial charge in [-0.2, -0.15) is 0 Å². The van der Waals surface area contributed by atoms with Gasteiger partial charge in [-0.3, -0.25) is 19.1 Å². The van der Waals surface area contributed by atoms with Crippen LogP contribution < -0.4 is 36.1 Å². The summed E-state index contributed by atoms with van der Waals surface area (Å²) in [6.07, 6.45) is 1.53. The summed E-state index contributed by atoms with van der Waals surface area (Å²) in [4.78, 5) is 41.5. The van der Waals surface area contributed by atoms with Gasteiger partial charge in [0.25, 0.3) is 11.5 Å². The normalized spacial score (nSPS) is 10.6. The van der Waals surface area contributed by atoms with Crippen LogP contribution in [0, 0.1) is 0 Å². The molecule has 0 unspecified atom stereocenters.